The van der Waals surface area contributed by atoms with Crippen molar-refractivity contribution in [3.8, 4) is 17.2 Å². The summed E-state index contributed by atoms with van der Waals surface area (Å²) in [6.45, 7) is 0.433. The number of nitrogens with one attached hydrogen (secondary N) is 1. The third-order valence-corrected chi connectivity index (χ3v) is 4.49. The van der Waals surface area contributed by atoms with Crippen LogP contribution in [0.25, 0.3) is 0 Å². The summed E-state index contributed by atoms with van der Waals surface area (Å²) in [7, 11) is 3.26. The van der Waals surface area contributed by atoms with Crippen molar-refractivity contribution in [1.29, 1.82) is 0 Å². The Bertz CT molecular complexity index is 846. The van der Waals surface area contributed by atoms with Crippen molar-refractivity contribution in [2.75, 3.05) is 14.2 Å². The van der Waals surface area contributed by atoms with Gasteiger partial charge in [-0.2, -0.15) is 0 Å². The molecule has 0 bridgehead atoms. The molecule has 1 aliphatic heterocycles. The average Bonchev–Trinajstić information content (AvgIpc) is 2.69. The van der Waals surface area contributed by atoms with Gasteiger partial charge in [-0.3, -0.25) is 0 Å². The molecule has 6 nitrogen and oxygen atoms in total. The average molecular weight is 367 g/mol. The molecule has 0 aromatic heterocycles. The van der Waals surface area contributed by atoms with Crippen molar-refractivity contribution in [1.82, 2.24) is 5.32 Å². The summed E-state index contributed by atoms with van der Waals surface area (Å²) in [5, 5.41) is 3.12. The van der Waals surface area contributed by atoms with Gasteiger partial charge in [0.1, 0.15) is 18.0 Å². The van der Waals surface area contributed by atoms with Crippen LogP contribution in [0.5, 0.6) is 17.2 Å². The molecule has 27 heavy (non-hydrogen) atoms. The van der Waals surface area contributed by atoms with Gasteiger partial charge in [-0.15, -0.1) is 0 Å². The number of hydrogen-bond donors (Lipinski definition) is 3. The van der Waals surface area contributed by atoms with Gasteiger partial charge in [0, 0.05) is 12.1 Å². The van der Waals surface area contributed by atoms with E-state index in [0.717, 1.165) is 16.9 Å². The van der Waals surface area contributed by atoms with Crippen molar-refractivity contribution in [3.63, 3.8) is 0 Å². The highest BCUT2D eigenvalue weighted by Gasteiger charge is 2.28. The Hall–Kier alpha value is -3.12. The van der Waals surface area contributed by atoms with Crippen LogP contribution in [0.4, 0.5) is 0 Å². The monoisotopic (exact) mass is 367 g/mol. The molecule has 5 N–H and O–H groups in total. The second kappa shape index (κ2) is 8.05. The van der Waals surface area contributed by atoms with E-state index >= 15 is 0 Å². The normalized spacial score (nSPS) is 18.4. The molecule has 1 unspecified atom stereocenters. The molecule has 0 saturated carbocycles. The summed E-state index contributed by atoms with van der Waals surface area (Å²) < 4.78 is 16.6. The Kier molecular flexibility index (Phi) is 5.57. The third kappa shape index (κ3) is 4.35. The minimum atomic E-state index is -0.814. The summed E-state index contributed by atoms with van der Waals surface area (Å²) in [6, 6.07) is 13.5. The summed E-state index contributed by atoms with van der Waals surface area (Å²) in [4.78, 5) is 0. The lowest BCUT2D eigenvalue weighted by molar-refractivity contribution is 0.284. The molecule has 0 radical (unpaired) electrons. The van der Waals surface area contributed by atoms with Crippen LogP contribution in [-0.2, 0) is 13.0 Å². The number of allylic oxidation sites excluding steroid dienone is 2. The molecule has 0 spiro atoms. The van der Waals surface area contributed by atoms with Crippen LogP contribution < -0.4 is 31.0 Å². The molecule has 3 rings (SSSR count). The second-order valence-corrected chi connectivity index (χ2v) is 6.40. The number of ether oxygens (including phenoxy) is 3. The minimum Gasteiger partial charge on any atom is -0.497 e. The molecular formula is C21H25N3O3. The maximum Gasteiger partial charge on any atom is 0.161 e. The highest BCUT2D eigenvalue weighted by Crippen LogP contribution is 2.30. The molecule has 142 valence electrons. The van der Waals surface area contributed by atoms with E-state index in [2.05, 4.69) is 5.32 Å². The van der Waals surface area contributed by atoms with Gasteiger partial charge < -0.3 is 31.0 Å². The number of hydrogen-bond acceptors (Lipinski definition) is 6. The van der Waals surface area contributed by atoms with Crippen LogP contribution in [0.2, 0.25) is 0 Å². The zero-order valence-corrected chi connectivity index (χ0v) is 15.6. The number of dihydropyridines is 1. The molecule has 0 amide bonds. The highest BCUT2D eigenvalue weighted by atomic mass is 16.5. The molecule has 6 heteroatoms. The van der Waals surface area contributed by atoms with Crippen molar-refractivity contribution >= 4 is 0 Å². The molecule has 2 aromatic carbocycles. The lowest BCUT2D eigenvalue weighted by Crippen LogP contribution is -2.57. The smallest absolute Gasteiger partial charge is 0.161 e. The number of benzene rings is 2. The summed E-state index contributed by atoms with van der Waals surface area (Å²) in [5.74, 6) is 2.14. The van der Waals surface area contributed by atoms with Crippen LogP contribution in [0.1, 0.15) is 11.1 Å². The fourth-order valence-electron chi connectivity index (χ4n) is 2.88. The Balaban J connectivity index is 1.70. The van der Waals surface area contributed by atoms with Gasteiger partial charge in [0.15, 0.2) is 11.5 Å². The van der Waals surface area contributed by atoms with Gasteiger partial charge in [0.25, 0.3) is 0 Å². The molecule has 0 aliphatic carbocycles. The summed E-state index contributed by atoms with van der Waals surface area (Å²) in [6.07, 6.45) is 5.95. The van der Waals surface area contributed by atoms with E-state index < -0.39 is 5.66 Å². The fourth-order valence-corrected chi connectivity index (χ4v) is 2.88. The van der Waals surface area contributed by atoms with Gasteiger partial charge in [-0.05, 0) is 53.7 Å². The Labute approximate surface area is 159 Å². The quantitative estimate of drug-likeness (QED) is 0.696. The van der Waals surface area contributed by atoms with Crippen LogP contribution in [0.15, 0.2) is 66.5 Å². The number of methoxy groups -OCH3 is 2. The van der Waals surface area contributed by atoms with E-state index in [4.69, 9.17) is 25.7 Å². The lowest BCUT2D eigenvalue weighted by Gasteiger charge is -2.32. The fraction of sp³-hybridized carbons (Fsp3) is 0.238. The Morgan fingerprint density at radius 1 is 0.963 bits per heavy atom. The van der Waals surface area contributed by atoms with E-state index in [9.17, 15) is 0 Å². The molecule has 0 saturated heterocycles. The van der Waals surface area contributed by atoms with Crippen molar-refractivity contribution in [3.05, 3.63) is 77.6 Å². The zero-order valence-electron chi connectivity index (χ0n) is 15.6. The summed E-state index contributed by atoms with van der Waals surface area (Å²) in [5.41, 5.74) is 14.2. The largest absolute Gasteiger partial charge is 0.497 e. The Morgan fingerprint density at radius 2 is 1.70 bits per heavy atom. The number of rotatable bonds is 7. The number of nitrogens with two attached hydrogens (primary N) is 2. The lowest BCUT2D eigenvalue weighted by atomic mass is 9.95. The Morgan fingerprint density at radius 3 is 2.37 bits per heavy atom. The first kappa shape index (κ1) is 18.7. The molecule has 1 atom stereocenters. The van der Waals surface area contributed by atoms with Gasteiger partial charge in [0.05, 0.1) is 14.2 Å². The van der Waals surface area contributed by atoms with Gasteiger partial charge >= 0.3 is 0 Å². The molecular weight excluding hydrogens is 342 g/mol. The van der Waals surface area contributed by atoms with E-state index in [0.29, 0.717) is 30.2 Å². The predicted molar refractivity (Wildman–Crippen MR) is 105 cm³/mol. The summed E-state index contributed by atoms with van der Waals surface area (Å²) >= 11 is 0. The predicted octanol–water partition coefficient (Wildman–Crippen LogP) is 2.44. The maximum absolute atomic E-state index is 6.38. The maximum atomic E-state index is 6.38. The van der Waals surface area contributed by atoms with E-state index in [1.807, 2.05) is 48.5 Å². The standard InChI is InChI=1S/C21H25N3O3/c1-25-17-8-5-15(6-9-17)14-27-18-10-7-16(12-19(18)26-2)13-21(23)20(22)4-3-11-24-21/h3-12,24H,13-14,22-23H2,1-2H3. The van der Waals surface area contributed by atoms with Crippen LogP contribution in [-0.4, -0.2) is 19.9 Å². The van der Waals surface area contributed by atoms with Crippen molar-refractivity contribution in [2.45, 2.75) is 18.7 Å². The van der Waals surface area contributed by atoms with Gasteiger partial charge in [-0.1, -0.05) is 18.2 Å². The minimum absolute atomic E-state index is 0.433. The van der Waals surface area contributed by atoms with Gasteiger partial charge in [0.2, 0.25) is 0 Å². The van der Waals surface area contributed by atoms with Crippen LogP contribution >= 0.6 is 0 Å². The van der Waals surface area contributed by atoms with Crippen LogP contribution in [0, 0.1) is 0 Å². The molecule has 2 aromatic rings. The van der Waals surface area contributed by atoms with Crippen LogP contribution in [0.3, 0.4) is 0 Å². The van der Waals surface area contributed by atoms with Crippen molar-refractivity contribution < 1.29 is 14.2 Å². The highest BCUT2D eigenvalue weighted by molar-refractivity contribution is 5.44. The zero-order chi connectivity index (χ0) is 19.3. The van der Waals surface area contributed by atoms with Gasteiger partial charge in [-0.25, -0.2) is 0 Å². The first-order valence-corrected chi connectivity index (χ1v) is 8.66. The molecule has 0 fully saturated rings. The first-order chi connectivity index (χ1) is 13.0. The topological polar surface area (TPSA) is 91.8 Å². The molecule has 1 heterocycles. The van der Waals surface area contributed by atoms with Crippen molar-refractivity contribution in [2.24, 2.45) is 11.5 Å². The SMILES string of the molecule is COc1ccc(COc2ccc(CC3(N)NC=CC=C3N)cc2OC)cc1. The van der Waals surface area contributed by atoms with E-state index in [1.165, 1.54) is 0 Å². The second-order valence-electron chi connectivity index (χ2n) is 6.40. The first-order valence-electron chi connectivity index (χ1n) is 8.66. The molecule has 1 aliphatic rings. The third-order valence-electron chi connectivity index (χ3n) is 4.49. The van der Waals surface area contributed by atoms with E-state index in [1.54, 1.807) is 26.5 Å². The van der Waals surface area contributed by atoms with E-state index in [-0.39, 0.29) is 0 Å².